The highest BCUT2D eigenvalue weighted by Crippen LogP contribution is 2.25. The summed E-state index contributed by atoms with van der Waals surface area (Å²) in [4.78, 5) is 51.1. The van der Waals surface area contributed by atoms with E-state index < -0.39 is 46.9 Å². The minimum Gasteiger partial charge on any atom is -0.479 e. The van der Waals surface area contributed by atoms with Crippen LogP contribution in [0.25, 0.3) is 0 Å². The SMILES string of the molecule is CCCCCCCCCCCC(=O)C(S)C(NC(=O)C(O)CO)(C(=O)O)C(=O)CCCCCCCCCCC. The Morgan fingerprint density at radius 1 is 0.692 bits per heavy atom. The van der Waals surface area contributed by atoms with Crippen LogP contribution in [0.15, 0.2) is 0 Å². The van der Waals surface area contributed by atoms with Gasteiger partial charge in [-0.15, -0.1) is 0 Å². The molecule has 4 N–H and O–H groups in total. The maximum Gasteiger partial charge on any atom is 0.338 e. The number of unbranched alkanes of at least 4 members (excludes halogenated alkanes) is 16. The average Bonchev–Trinajstić information content (AvgIpc) is 2.92. The number of aliphatic carboxylic acids is 1. The Balaban J connectivity index is 5.08. The lowest BCUT2D eigenvalue weighted by molar-refractivity contribution is -0.156. The van der Waals surface area contributed by atoms with Crippen molar-refractivity contribution in [3.8, 4) is 0 Å². The van der Waals surface area contributed by atoms with Gasteiger partial charge < -0.3 is 20.6 Å². The molecule has 0 aromatic rings. The van der Waals surface area contributed by atoms with Crippen molar-refractivity contribution in [1.82, 2.24) is 5.32 Å². The molecule has 39 heavy (non-hydrogen) atoms. The van der Waals surface area contributed by atoms with Gasteiger partial charge in [0.05, 0.1) is 6.61 Å². The van der Waals surface area contributed by atoms with Crippen molar-refractivity contribution in [2.45, 2.75) is 159 Å². The molecule has 0 saturated heterocycles. The summed E-state index contributed by atoms with van der Waals surface area (Å²) in [7, 11) is 0. The lowest BCUT2D eigenvalue weighted by Gasteiger charge is -2.34. The van der Waals surface area contributed by atoms with Crippen LogP contribution in [0.1, 0.15) is 142 Å². The number of carbonyl (C=O) groups excluding carboxylic acids is 3. The molecule has 0 saturated carbocycles. The lowest BCUT2D eigenvalue weighted by atomic mass is 9.83. The first kappa shape index (κ1) is 37.6. The van der Waals surface area contributed by atoms with Crippen LogP contribution in [0.3, 0.4) is 0 Å². The fraction of sp³-hybridized carbons (Fsp3) is 0.867. The quantitative estimate of drug-likeness (QED) is 0.0492. The molecule has 8 nitrogen and oxygen atoms in total. The molecule has 0 aliphatic heterocycles. The molecule has 3 atom stereocenters. The fourth-order valence-electron chi connectivity index (χ4n) is 4.72. The number of aliphatic hydroxyl groups excluding tert-OH is 2. The molecule has 0 aliphatic rings. The van der Waals surface area contributed by atoms with Gasteiger partial charge in [-0.05, 0) is 12.8 Å². The first-order valence-electron chi connectivity index (χ1n) is 15.3. The van der Waals surface area contributed by atoms with E-state index in [-0.39, 0.29) is 12.8 Å². The number of thiol groups is 1. The largest absolute Gasteiger partial charge is 0.479 e. The van der Waals surface area contributed by atoms with Crippen LogP contribution < -0.4 is 5.32 Å². The summed E-state index contributed by atoms with van der Waals surface area (Å²) in [5, 5.41) is 29.5. The van der Waals surface area contributed by atoms with Gasteiger partial charge >= 0.3 is 5.97 Å². The average molecular weight is 574 g/mol. The van der Waals surface area contributed by atoms with Crippen LogP contribution in [0.5, 0.6) is 0 Å². The minimum atomic E-state index is -2.60. The number of amides is 1. The van der Waals surface area contributed by atoms with Crippen molar-refractivity contribution in [2.75, 3.05) is 6.61 Å². The summed E-state index contributed by atoms with van der Waals surface area (Å²) in [5.74, 6) is -4.28. The minimum absolute atomic E-state index is 0.0444. The lowest BCUT2D eigenvalue weighted by Crippen LogP contribution is -2.68. The Morgan fingerprint density at radius 2 is 1.08 bits per heavy atom. The number of carboxylic acids is 1. The molecule has 0 fully saturated rings. The second-order valence-corrected chi connectivity index (χ2v) is 11.3. The Hall–Kier alpha value is -1.45. The van der Waals surface area contributed by atoms with E-state index in [9.17, 15) is 29.4 Å². The van der Waals surface area contributed by atoms with Gasteiger partial charge in [-0.25, -0.2) is 4.79 Å². The van der Waals surface area contributed by atoms with Gasteiger partial charge in [0.25, 0.3) is 5.91 Å². The second kappa shape index (κ2) is 23.3. The highest BCUT2D eigenvalue weighted by atomic mass is 32.1. The molecule has 9 heteroatoms. The number of carbonyl (C=O) groups is 4. The molecule has 0 aliphatic carbocycles. The number of rotatable bonds is 27. The van der Waals surface area contributed by atoms with Gasteiger partial charge in [-0.3, -0.25) is 14.4 Å². The Bertz CT molecular complexity index is 703. The monoisotopic (exact) mass is 573 g/mol. The van der Waals surface area contributed by atoms with Crippen molar-refractivity contribution in [2.24, 2.45) is 0 Å². The third-order valence-corrected chi connectivity index (χ3v) is 8.00. The normalized spacial score (nSPS) is 14.4. The van der Waals surface area contributed by atoms with Gasteiger partial charge in [0.2, 0.25) is 5.54 Å². The third kappa shape index (κ3) is 15.2. The van der Waals surface area contributed by atoms with E-state index in [2.05, 4.69) is 31.8 Å². The zero-order valence-corrected chi connectivity index (χ0v) is 25.3. The summed E-state index contributed by atoms with van der Waals surface area (Å²) in [6.45, 7) is 3.40. The number of aliphatic hydroxyl groups is 2. The molecule has 0 aromatic carbocycles. The van der Waals surface area contributed by atoms with E-state index in [1.165, 1.54) is 51.4 Å². The molecule has 228 valence electrons. The maximum absolute atomic E-state index is 13.3. The van der Waals surface area contributed by atoms with E-state index in [1.54, 1.807) is 0 Å². The van der Waals surface area contributed by atoms with Crippen LogP contribution in [0, 0.1) is 0 Å². The third-order valence-electron chi connectivity index (χ3n) is 7.32. The van der Waals surface area contributed by atoms with Crippen molar-refractivity contribution < 1.29 is 34.5 Å². The first-order valence-corrected chi connectivity index (χ1v) is 15.8. The van der Waals surface area contributed by atoms with Crippen LogP contribution in [0.4, 0.5) is 0 Å². The van der Waals surface area contributed by atoms with Crippen LogP contribution in [0.2, 0.25) is 0 Å². The number of Topliss-reactive ketones (excluding diaryl/α,β-unsaturated/α-hetero) is 2. The predicted octanol–water partition coefficient (Wildman–Crippen LogP) is 5.56. The molecule has 3 unspecified atom stereocenters. The standard InChI is InChI=1S/C30H55NO7S/c1-3-5-7-9-11-13-15-17-19-21-24(33)27(39)30(29(37)38,31-28(36)25(34)23-32)26(35)22-20-18-16-14-12-10-8-6-4-2/h25,27,32,34,39H,3-23H2,1-2H3,(H,31,36)(H,37,38). The van der Waals surface area contributed by atoms with Gasteiger partial charge in [0.1, 0.15) is 11.0 Å². The number of nitrogens with one attached hydrogen (secondary N) is 1. The topological polar surface area (TPSA) is 141 Å². The van der Waals surface area contributed by atoms with Crippen molar-refractivity contribution in [3.63, 3.8) is 0 Å². The van der Waals surface area contributed by atoms with Crippen molar-refractivity contribution in [3.05, 3.63) is 0 Å². The van der Waals surface area contributed by atoms with E-state index >= 15 is 0 Å². The maximum atomic E-state index is 13.3. The molecule has 0 spiro atoms. The van der Waals surface area contributed by atoms with E-state index in [0.717, 1.165) is 51.4 Å². The summed E-state index contributed by atoms with van der Waals surface area (Å²) in [5.41, 5.74) is -2.60. The van der Waals surface area contributed by atoms with Gasteiger partial charge in [-0.2, -0.15) is 12.6 Å². The molecular weight excluding hydrogens is 518 g/mol. The summed E-state index contributed by atoms with van der Waals surface area (Å²) in [6, 6.07) is 0. The first-order chi connectivity index (χ1) is 18.7. The molecule has 0 aromatic heterocycles. The Morgan fingerprint density at radius 3 is 1.46 bits per heavy atom. The highest BCUT2D eigenvalue weighted by molar-refractivity contribution is 7.82. The second-order valence-electron chi connectivity index (χ2n) is 10.7. The Labute approximate surface area is 241 Å². The predicted molar refractivity (Wildman–Crippen MR) is 158 cm³/mol. The van der Waals surface area contributed by atoms with Crippen molar-refractivity contribution in [1.29, 1.82) is 0 Å². The van der Waals surface area contributed by atoms with Gasteiger partial charge in [0.15, 0.2) is 11.9 Å². The molecule has 0 rings (SSSR count). The van der Waals surface area contributed by atoms with Gasteiger partial charge in [0, 0.05) is 12.8 Å². The van der Waals surface area contributed by atoms with E-state index in [1.807, 2.05) is 0 Å². The zero-order valence-electron chi connectivity index (χ0n) is 24.4. The number of hydrogen-bond acceptors (Lipinski definition) is 7. The molecule has 0 heterocycles. The molecular formula is C30H55NO7S. The fourth-order valence-corrected chi connectivity index (χ4v) is 5.17. The van der Waals surface area contributed by atoms with Crippen molar-refractivity contribution >= 4 is 36.1 Å². The summed E-state index contributed by atoms with van der Waals surface area (Å²) < 4.78 is 0. The van der Waals surface area contributed by atoms with E-state index in [0.29, 0.717) is 12.8 Å². The number of carboxylic acid groups (broad SMARTS) is 1. The highest BCUT2D eigenvalue weighted by Gasteiger charge is 2.54. The smallest absolute Gasteiger partial charge is 0.338 e. The van der Waals surface area contributed by atoms with Crippen LogP contribution in [-0.2, 0) is 19.2 Å². The van der Waals surface area contributed by atoms with E-state index in [4.69, 9.17) is 5.11 Å². The summed E-state index contributed by atoms with van der Waals surface area (Å²) in [6.07, 6.45) is 16.4. The molecule has 1 amide bonds. The summed E-state index contributed by atoms with van der Waals surface area (Å²) >= 11 is 4.26. The van der Waals surface area contributed by atoms with Crippen LogP contribution in [-0.4, -0.2) is 62.3 Å². The van der Waals surface area contributed by atoms with Gasteiger partial charge in [-0.1, -0.05) is 117 Å². The number of ketones is 2. The molecule has 0 radical (unpaired) electrons. The molecule has 0 bridgehead atoms. The van der Waals surface area contributed by atoms with Crippen LogP contribution >= 0.6 is 12.6 Å². The zero-order chi connectivity index (χ0) is 29.5. The number of hydrogen-bond donors (Lipinski definition) is 5. The Kier molecular flexibility index (Phi) is 22.4.